The van der Waals surface area contributed by atoms with Crippen molar-refractivity contribution < 1.29 is 4.79 Å². The molecule has 22 heavy (non-hydrogen) atoms. The Labute approximate surface area is 133 Å². The number of hydrogen-bond acceptors (Lipinski definition) is 6. The lowest BCUT2D eigenvalue weighted by Crippen LogP contribution is -2.25. The summed E-state index contributed by atoms with van der Waals surface area (Å²) in [6.07, 6.45) is 2.42. The molecular weight excluding hydrogens is 298 g/mol. The molecule has 0 spiro atoms. The van der Waals surface area contributed by atoms with Crippen LogP contribution in [0.2, 0.25) is 0 Å². The molecule has 116 valence electrons. The molecular formula is C15H19N5OS. The molecule has 0 atom stereocenters. The maximum atomic E-state index is 12.1. The van der Waals surface area contributed by atoms with Gasteiger partial charge in [-0.25, -0.2) is 15.0 Å². The first-order valence-electron chi connectivity index (χ1n) is 7.41. The first-order chi connectivity index (χ1) is 10.6. The van der Waals surface area contributed by atoms with Crippen LogP contribution in [0.15, 0.2) is 11.6 Å². The molecule has 0 aliphatic carbocycles. The summed E-state index contributed by atoms with van der Waals surface area (Å²) in [6, 6.07) is 2.00. The Balaban J connectivity index is 1.69. The fraction of sp³-hybridized carbons (Fsp3) is 0.467. The van der Waals surface area contributed by atoms with E-state index in [0.29, 0.717) is 17.2 Å². The van der Waals surface area contributed by atoms with Gasteiger partial charge in [-0.2, -0.15) is 0 Å². The van der Waals surface area contributed by atoms with Crippen molar-refractivity contribution in [2.24, 2.45) is 0 Å². The van der Waals surface area contributed by atoms with Gasteiger partial charge in [0.15, 0.2) is 0 Å². The van der Waals surface area contributed by atoms with Gasteiger partial charge in [-0.3, -0.25) is 4.79 Å². The number of nitrogens with one attached hydrogen (secondary N) is 1. The number of thiazole rings is 1. The van der Waals surface area contributed by atoms with Crippen LogP contribution < -0.4 is 10.2 Å². The number of hydrogen-bond donors (Lipinski definition) is 1. The van der Waals surface area contributed by atoms with Crippen LogP contribution >= 0.6 is 11.3 Å². The van der Waals surface area contributed by atoms with Gasteiger partial charge < -0.3 is 10.2 Å². The standard InChI is InChI=1S/C15H19N5OS/c1-10-7-13(20-5-3-4-6-20)19-12(18-10)8-16-15(21)14-11(2)17-9-22-14/h7,9H,3-6,8H2,1-2H3,(H,16,21). The van der Waals surface area contributed by atoms with Crippen LogP contribution in [0, 0.1) is 13.8 Å². The van der Waals surface area contributed by atoms with Gasteiger partial charge >= 0.3 is 0 Å². The maximum Gasteiger partial charge on any atom is 0.263 e. The molecule has 1 aliphatic heterocycles. The number of carbonyl (C=O) groups is 1. The second-order valence-electron chi connectivity index (χ2n) is 5.43. The lowest BCUT2D eigenvalue weighted by Gasteiger charge is -2.17. The lowest BCUT2D eigenvalue weighted by atomic mass is 10.3. The molecule has 0 radical (unpaired) electrons. The highest BCUT2D eigenvalue weighted by molar-refractivity contribution is 7.11. The van der Waals surface area contributed by atoms with Gasteiger partial charge in [0.25, 0.3) is 5.91 Å². The molecule has 0 unspecified atom stereocenters. The summed E-state index contributed by atoms with van der Waals surface area (Å²) in [6.45, 7) is 6.21. The zero-order valence-electron chi connectivity index (χ0n) is 12.8. The van der Waals surface area contributed by atoms with E-state index in [1.807, 2.05) is 19.9 Å². The van der Waals surface area contributed by atoms with Crippen LogP contribution in [-0.2, 0) is 6.54 Å². The minimum Gasteiger partial charge on any atom is -0.357 e. The largest absolute Gasteiger partial charge is 0.357 e. The number of carbonyl (C=O) groups excluding carboxylic acids is 1. The number of nitrogens with zero attached hydrogens (tertiary/aromatic N) is 4. The van der Waals surface area contributed by atoms with Crippen molar-refractivity contribution in [1.29, 1.82) is 0 Å². The van der Waals surface area contributed by atoms with E-state index in [-0.39, 0.29) is 5.91 Å². The number of aryl methyl sites for hydroxylation is 2. The molecule has 6 nitrogen and oxygen atoms in total. The van der Waals surface area contributed by atoms with Crippen molar-refractivity contribution >= 4 is 23.1 Å². The van der Waals surface area contributed by atoms with Crippen molar-refractivity contribution in [1.82, 2.24) is 20.3 Å². The third kappa shape index (κ3) is 3.24. The van der Waals surface area contributed by atoms with E-state index in [0.717, 1.165) is 30.3 Å². The van der Waals surface area contributed by atoms with Crippen LogP contribution in [0.3, 0.4) is 0 Å². The monoisotopic (exact) mass is 317 g/mol. The molecule has 1 fully saturated rings. The molecule has 3 heterocycles. The Morgan fingerprint density at radius 3 is 2.77 bits per heavy atom. The van der Waals surface area contributed by atoms with Gasteiger partial charge in [-0.05, 0) is 26.7 Å². The molecule has 2 aromatic heterocycles. The molecule has 7 heteroatoms. The van der Waals surface area contributed by atoms with Crippen molar-refractivity contribution in [2.45, 2.75) is 33.2 Å². The topological polar surface area (TPSA) is 71.0 Å². The highest BCUT2D eigenvalue weighted by Crippen LogP contribution is 2.18. The quantitative estimate of drug-likeness (QED) is 0.935. The van der Waals surface area contributed by atoms with Crippen molar-refractivity contribution in [2.75, 3.05) is 18.0 Å². The van der Waals surface area contributed by atoms with Gasteiger partial charge in [0.05, 0.1) is 17.7 Å². The summed E-state index contributed by atoms with van der Waals surface area (Å²) in [5.74, 6) is 1.49. The van der Waals surface area contributed by atoms with E-state index in [1.54, 1.807) is 5.51 Å². The van der Waals surface area contributed by atoms with Gasteiger partial charge in [0.2, 0.25) is 0 Å². The van der Waals surface area contributed by atoms with Gasteiger partial charge in [0, 0.05) is 24.8 Å². The number of rotatable bonds is 4. The highest BCUT2D eigenvalue weighted by Gasteiger charge is 2.16. The first kappa shape index (κ1) is 14.9. The van der Waals surface area contributed by atoms with E-state index in [1.165, 1.54) is 24.2 Å². The summed E-state index contributed by atoms with van der Waals surface area (Å²) in [5, 5.41) is 2.88. The third-order valence-corrected chi connectivity index (χ3v) is 4.60. The number of anilines is 1. The normalized spacial score (nSPS) is 14.4. The molecule has 0 bridgehead atoms. The van der Waals surface area contributed by atoms with Crippen LogP contribution in [0.25, 0.3) is 0 Å². The fourth-order valence-electron chi connectivity index (χ4n) is 2.56. The van der Waals surface area contributed by atoms with Crippen LogP contribution in [-0.4, -0.2) is 33.9 Å². The van der Waals surface area contributed by atoms with E-state index in [4.69, 9.17) is 0 Å². The minimum absolute atomic E-state index is 0.118. The number of aromatic nitrogens is 3. The van der Waals surface area contributed by atoms with Crippen molar-refractivity contribution in [3.05, 3.63) is 33.7 Å². The fourth-order valence-corrected chi connectivity index (χ4v) is 3.28. The molecule has 1 saturated heterocycles. The smallest absolute Gasteiger partial charge is 0.263 e. The van der Waals surface area contributed by atoms with Crippen LogP contribution in [0.4, 0.5) is 5.82 Å². The van der Waals surface area contributed by atoms with Crippen LogP contribution in [0.1, 0.15) is 39.7 Å². The average Bonchev–Trinajstić information content (AvgIpc) is 3.15. The van der Waals surface area contributed by atoms with Crippen molar-refractivity contribution in [3.8, 4) is 0 Å². The first-order valence-corrected chi connectivity index (χ1v) is 8.29. The zero-order valence-corrected chi connectivity index (χ0v) is 13.6. The molecule has 2 aromatic rings. The Morgan fingerprint density at radius 1 is 1.32 bits per heavy atom. The summed E-state index contributed by atoms with van der Waals surface area (Å²) in [5.41, 5.74) is 3.36. The maximum absolute atomic E-state index is 12.1. The Hall–Kier alpha value is -2.02. The van der Waals surface area contributed by atoms with E-state index < -0.39 is 0 Å². The van der Waals surface area contributed by atoms with Gasteiger partial charge in [-0.1, -0.05) is 0 Å². The lowest BCUT2D eigenvalue weighted by molar-refractivity contribution is 0.0953. The molecule has 3 rings (SSSR count). The zero-order chi connectivity index (χ0) is 15.5. The van der Waals surface area contributed by atoms with Gasteiger partial charge in [0.1, 0.15) is 16.5 Å². The molecule has 1 aliphatic rings. The summed E-state index contributed by atoms with van der Waals surface area (Å²) in [7, 11) is 0. The molecule has 1 N–H and O–H groups in total. The second-order valence-corrected chi connectivity index (χ2v) is 6.28. The van der Waals surface area contributed by atoms with E-state index in [9.17, 15) is 4.79 Å². The van der Waals surface area contributed by atoms with Crippen LogP contribution in [0.5, 0.6) is 0 Å². The Kier molecular flexibility index (Phi) is 4.33. The summed E-state index contributed by atoms with van der Waals surface area (Å²) >= 11 is 1.35. The Bertz CT molecular complexity index is 678. The molecule has 1 amide bonds. The third-order valence-electron chi connectivity index (χ3n) is 3.68. The van der Waals surface area contributed by atoms with Gasteiger partial charge in [-0.15, -0.1) is 11.3 Å². The van der Waals surface area contributed by atoms with Crippen molar-refractivity contribution in [3.63, 3.8) is 0 Å². The average molecular weight is 317 g/mol. The summed E-state index contributed by atoms with van der Waals surface area (Å²) in [4.78, 5) is 28.1. The molecule has 0 aromatic carbocycles. The summed E-state index contributed by atoms with van der Waals surface area (Å²) < 4.78 is 0. The molecule has 0 saturated carbocycles. The SMILES string of the molecule is Cc1cc(N2CCCC2)nc(CNC(=O)c2scnc2C)n1. The minimum atomic E-state index is -0.118. The van der Waals surface area contributed by atoms with E-state index >= 15 is 0 Å². The predicted octanol–water partition coefficient (Wildman–Crippen LogP) is 2.08. The van der Waals surface area contributed by atoms with E-state index in [2.05, 4.69) is 25.2 Å². The second kappa shape index (κ2) is 6.39. The predicted molar refractivity (Wildman–Crippen MR) is 86.2 cm³/mol. The Morgan fingerprint density at radius 2 is 2.09 bits per heavy atom. The number of amides is 1. The highest BCUT2D eigenvalue weighted by atomic mass is 32.1.